The minimum absolute atomic E-state index is 0.187. The third-order valence-corrected chi connectivity index (χ3v) is 2.44. The van der Waals surface area contributed by atoms with Crippen LogP contribution in [0.25, 0.3) is 0 Å². The second-order valence-corrected chi connectivity index (χ2v) is 4.14. The molecule has 0 saturated carbocycles. The van der Waals surface area contributed by atoms with Gasteiger partial charge in [-0.2, -0.15) is 5.10 Å². The normalized spacial score (nSPS) is 12.4. The highest BCUT2D eigenvalue weighted by molar-refractivity contribution is 9.10. The van der Waals surface area contributed by atoms with Gasteiger partial charge in [0.05, 0.1) is 6.04 Å². The SMILES string of the molecule is CC(Nc1ncc(Br)cc1F)c1ncn[nH]1. The summed E-state index contributed by atoms with van der Waals surface area (Å²) in [5, 5.41) is 9.33. The average molecular weight is 286 g/mol. The number of anilines is 1. The van der Waals surface area contributed by atoms with Crippen molar-refractivity contribution < 1.29 is 4.39 Å². The second-order valence-electron chi connectivity index (χ2n) is 3.22. The largest absolute Gasteiger partial charge is 0.358 e. The monoisotopic (exact) mass is 285 g/mol. The quantitative estimate of drug-likeness (QED) is 0.908. The Morgan fingerprint density at radius 2 is 2.31 bits per heavy atom. The summed E-state index contributed by atoms with van der Waals surface area (Å²) in [5.41, 5.74) is 0. The minimum atomic E-state index is -0.416. The van der Waals surface area contributed by atoms with Crippen molar-refractivity contribution >= 4 is 21.7 Å². The lowest BCUT2D eigenvalue weighted by Gasteiger charge is -2.12. The van der Waals surface area contributed by atoms with Crippen LogP contribution in [-0.2, 0) is 0 Å². The first-order chi connectivity index (χ1) is 7.66. The van der Waals surface area contributed by atoms with Gasteiger partial charge in [0.2, 0.25) is 0 Å². The molecule has 84 valence electrons. The lowest BCUT2D eigenvalue weighted by atomic mass is 10.3. The van der Waals surface area contributed by atoms with Crippen molar-refractivity contribution in [2.75, 3.05) is 5.32 Å². The second kappa shape index (κ2) is 4.56. The number of hydrogen-bond donors (Lipinski definition) is 2. The van der Waals surface area contributed by atoms with Crippen LogP contribution < -0.4 is 5.32 Å². The zero-order valence-corrected chi connectivity index (χ0v) is 9.99. The Labute approximate surface area is 99.6 Å². The first-order valence-electron chi connectivity index (χ1n) is 4.59. The molecule has 0 bridgehead atoms. The number of nitrogens with one attached hydrogen (secondary N) is 2. The van der Waals surface area contributed by atoms with Gasteiger partial charge >= 0.3 is 0 Å². The molecule has 0 aliphatic heterocycles. The molecule has 0 amide bonds. The van der Waals surface area contributed by atoms with Gasteiger partial charge in [-0.25, -0.2) is 14.4 Å². The van der Waals surface area contributed by atoms with Gasteiger partial charge in [-0.05, 0) is 28.9 Å². The molecule has 2 heterocycles. The number of halogens is 2. The van der Waals surface area contributed by atoms with Crippen LogP contribution in [0, 0.1) is 5.82 Å². The van der Waals surface area contributed by atoms with Crippen molar-refractivity contribution in [2.45, 2.75) is 13.0 Å². The molecule has 7 heteroatoms. The number of aromatic amines is 1. The lowest BCUT2D eigenvalue weighted by Crippen LogP contribution is -2.11. The fourth-order valence-electron chi connectivity index (χ4n) is 1.22. The van der Waals surface area contributed by atoms with E-state index >= 15 is 0 Å². The van der Waals surface area contributed by atoms with Crippen LogP contribution in [0.4, 0.5) is 10.2 Å². The molecule has 0 saturated heterocycles. The predicted octanol–water partition coefficient (Wildman–Crippen LogP) is 2.27. The summed E-state index contributed by atoms with van der Waals surface area (Å²) in [5.74, 6) is 0.400. The van der Waals surface area contributed by atoms with Crippen LogP contribution in [0.2, 0.25) is 0 Å². The van der Waals surface area contributed by atoms with Crippen LogP contribution >= 0.6 is 15.9 Å². The van der Waals surface area contributed by atoms with Gasteiger partial charge in [-0.1, -0.05) is 0 Å². The Kier molecular flexibility index (Phi) is 3.14. The standard InChI is InChI=1S/C9H9BrFN5/c1-5(8-13-4-14-16-8)15-9-7(11)2-6(10)3-12-9/h2-5H,1H3,(H,12,15)(H,13,14,16). The Balaban J connectivity index is 2.15. The van der Waals surface area contributed by atoms with E-state index in [1.807, 2.05) is 6.92 Å². The number of nitrogens with zero attached hydrogens (tertiary/aromatic N) is 3. The minimum Gasteiger partial charge on any atom is -0.358 e. The molecular weight excluding hydrogens is 277 g/mol. The summed E-state index contributed by atoms with van der Waals surface area (Å²) < 4.78 is 14.1. The number of pyridine rings is 1. The van der Waals surface area contributed by atoms with E-state index < -0.39 is 5.82 Å². The smallest absolute Gasteiger partial charge is 0.166 e. The fraction of sp³-hybridized carbons (Fsp3) is 0.222. The van der Waals surface area contributed by atoms with Gasteiger partial charge in [0.15, 0.2) is 11.6 Å². The molecule has 0 radical (unpaired) electrons. The van der Waals surface area contributed by atoms with E-state index in [9.17, 15) is 4.39 Å². The molecule has 0 spiro atoms. The molecule has 1 atom stereocenters. The van der Waals surface area contributed by atoms with Gasteiger partial charge in [0, 0.05) is 10.7 Å². The zero-order chi connectivity index (χ0) is 11.5. The van der Waals surface area contributed by atoms with Crippen molar-refractivity contribution in [1.82, 2.24) is 20.2 Å². The molecular formula is C9H9BrFN5. The molecule has 2 aromatic heterocycles. The molecule has 2 rings (SSSR count). The Morgan fingerprint density at radius 1 is 1.50 bits per heavy atom. The molecule has 0 fully saturated rings. The van der Waals surface area contributed by atoms with Crippen LogP contribution in [0.5, 0.6) is 0 Å². The highest BCUT2D eigenvalue weighted by atomic mass is 79.9. The molecule has 5 nitrogen and oxygen atoms in total. The lowest BCUT2D eigenvalue weighted by molar-refractivity contribution is 0.618. The van der Waals surface area contributed by atoms with E-state index in [-0.39, 0.29) is 11.9 Å². The van der Waals surface area contributed by atoms with Gasteiger partial charge in [0.25, 0.3) is 0 Å². The van der Waals surface area contributed by atoms with Gasteiger partial charge < -0.3 is 5.32 Å². The number of H-pyrrole nitrogens is 1. The van der Waals surface area contributed by atoms with Crippen LogP contribution in [0.1, 0.15) is 18.8 Å². The van der Waals surface area contributed by atoms with Crippen LogP contribution in [0.15, 0.2) is 23.1 Å². The summed E-state index contributed by atoms with van der Waals surface area (Å²) in [7, 11) is 0. The van der Waals surface area contributed by atoms with E-state index in [1.54, 1.807) is 0 Å². The first kappa shape index (κ1) is 11.0. The third kappa shape index (κ3) is 2.35. The van der Waals surface area contributed by atoms with Gasteiger partial charge in [0.1, 0.15) is 12.2 Å². The van der Waals surface area contributed by atoms with Crippen molar-refractivity contribution in [3.63, 3.8) is 0 Å². The fourth-order valence-corrected chi connectivity index (χ4v) is 1.52. The third-order valence-electron chi connectivity index (χ3n) is 2.00. The maximum Gasteiger partial charge on any atom is 0.166 e. The van der Waals surface area contributed by atoms with E-state index in [0.29, 0.717) is 10.3 Å². The molecule has 2 N–H and O–H groups in total. The number of hydrogen-bond acceptors (Lipinski definition) is 4. The van der Waals surface area contributed by atoms with Crippen LogP contribution in [0.3, 0.4) is 0 Å². The average Bonchev–Trinajstić information content (AvgIpc) is 2.75. The molecule has 0 aliphatic carbocycles. The van der Waals surface area contributed by atoms with E-state index in [1.165, 1.54) is 18.6 Å². The van der Waals surface area contributed by atoms with Gasteiger partial charge in [-0.15, -0.1) is 0 Å². The number of rotatable bonds is 3. The highest BCUT2D eigenvalue weighted by Crippen LogP contribution is 2.19. The topological polar surface area (TPSA) is 66.5 Å². The van der Waals surface area contributed by atoms with Crippen molar-refractivity contribution in [2.24, 2.45) is 0 Å². The summed E-state index contributed by atoms with van der Waals surface area (Å²) >= 11 is 3.14. The molecule has 0 aromatic carbocycles. The summed E-state index contributed by atoms with van der Waals surface area (Å²) in [6, 6.07) is 1.16. The van der Waals surface area contributed by atoms with Crippen molar-refractivity contribution in [1.29, 1.82) is 0 Å². The molecule has 1 unspecified atom stereocenters. The summed E-state index contributed by atoms with van der Waals surface area (Å²) in [6.45, 7) is 1.84. The Bertz CT molecular complexity index is 473. The maximum atomic E-state index is 13.5. The molecule has 16 heavy (non-hydrogen) atoms. The highest BCUT2D eigenvalue weighted by Gasteiger charge is 2.11. The van der Waals surface area contributed by atoms with Crippen LogP contribution in [-0.4, -0.2) is 20.2 Å². The predicted molar refractivity (Wildman–Crippen MR) is 60.3 cm³/mol. The summed E-state index contributed by atoms with van der Waals surface area (Å²) in [4.78, 5) is 7.90. The van der Waals surface area contributed by atoms with Gasteiger partial charge in [-0.3, -0.25) is 5.10 Å². The van der Waals surface area contributed by atoms with E-state index in [0.717, 1.165) is 0 Å². The van der Waals surface area contributed by atoms with E-state index in [2.05, 4.69) is 41.4 Å². The summed E-state index contributed by atoms with van der Waals surface area (Å²) in [6.07, 6.45) is 2.93. The molecule has 2 aromatic rings. The van der Waals surface area contributed by atoms with E-state index in [4.69, 9.17) is 0 Å². The Morgan fingerprint density at radius 3 is 2.94 bits per heavy atom. The molecule has 0 aliphatic rings. The Hall–Kier alpha value is -1.50. The first-order valence-corrected chi connectivity index (χ1v) is 5.39. The van der Waals surface area contributed by atoms with Crippen molar-refractivity contribution in [3.05, 3.63) is 34.7 Å². The van der Waals surface area contributed by atoms with Crippen molar-refractivity contribution in [3.8, 4) is 0 Å². The number of aromatic nitrogens is 4. The zero-order valence-electron chi connectivity index (χ0n) is 8.41. The maximum absolute atomic E-state index is 13.5.